The molecule has 27 heavy (non-hydrogen) atoms. The summed E-state index contributed by atoms with van der Waals surface area (Å²) in [6, 6.07) is 1.70. The molecule has 1 amide bonds. The first-order valence-electron chi connectivity index (χ1n) is 8.12. The van der Waals surface area contributed by atoms with Crippen molar-refractivity contribution in [1.29, 1.82) is 0 Å². The van der Waals surface area contributed by atoms with E-state index in [4.69, 9.17) is 9.84 Å². The maximum atomic E-state index is 12.8. The van der Waals surface area contributed by atoms with E-state index < -0.39 is 28.6 Å². The van der Waals surface area contributed by atoms with Crippen molar-refractivity contribution in [3.63, 3.8) is 0 Å². The molecule has 1 fully saturated rings. The average molecular weight is 397 g/mol. The number of hydrogen-bond donors (Lipinski definition) is 1. The molecule has 3 heterocycles. The normalized spacial score (nSPS) is 18.1. The standard InChI is InChI=1S/C15H19N5O6S/c1-27(24,25)19(10-13(21)22)9-11-8-18(5-6-26-11)15(23)12-7-17-20-4-2-3-16-14(12)20/h2-4,7,11H,5-6,8-10H2,1H3,(H,21,22). The minimum Gasteiger partial charge on any atom is -0.480 e. The van der Waals surface area contributed by atoms with Gasteiger partial charge in [-0.1, -0.05) is 0 Å². The SMILES string of the molecule is CS(=O)(=O)N(CC(=O)O)CC1CN(C(=O)c2cnn3cccnc23)CCO1. The van der Waals surface area contributed by atoms with Gasteiger partial charge in [0.05, 0.1) is 25.2 Å². The summed E-state index contributed by atoms with van der Waals surface area (Å²) in [7, 11) is -3.72. The number of nitrogens with zero attached hydrogens (tertiary/aromatic N) is 5. The van der Waals surface area contributed by atoms with Gasteiger partial charge in [-0.2, -0.15) is 9.40 Å². The number of aliphatic carboxylic acids is 1. The Morgan fingerprint density at radius 3 is 2.93 bits per heavy atom. The number of carboxylic acid groups (broad SMARTS) is 1. The Hall–Kier alpha value is -2.57. The number of carboxylic acids is 1. The zero-order chi connectivity index (χ0) is 19.6. The van der Waals surface area contributed by atoms with E-state index in [9.17, 15) is 18.0 Å². The third kappa shape index (κ3) is 4.40. The molecule has 2 aromatic heterocycles. The van der Waals surface area contributed by atoms with Gasteiger partial charge in [0.15, 0.2) is 5.65 Å². The Kier molecular flexibility index (Phi) is 5.39. The molecule has 12 heteroatoms. The van der Waals surface area contributed by atoms with Crippen molar-refractivity contribution in [2.45, 2.75) is 6.10 Å². The van der Waals surface area contributed by atoms with Crippen molar-refractivity contribution in [3.8, 4) is 0 Å². The van der Waals surface area contributed by atoms with Crippen LogP contribution in [-0.2, 0) is 19.6 Å². The molecule has 11 nitrogen and oxygen atoms in total. The van der Waals surface area contributed by atoms with E-state index in [0.29, 0.717) is 17.8 Å². The topological polar surface area (TPSA) is 134 Å². The van der Waals surface area contributed by atoms with E-state index in [2.05, 4.69) is 10.1 Å². The first kappa shape index (κ1) is 19.2. The molecule has 0 saturated carbocycles. The minimum atomic E-state index is -3.72. The van der Waals surface area contributed by atoms with E-state index in [-0.39, 0.29) is 25.6 Å². The second kappa shape index (κ2) is 7.58. The van der Waals surface area contributed by atoms with Crippen LogP contribution < -0.4 is 0 Å². The molecule has 1 aliphatic heterocycles. The van der Waals surface area contributed by atoms with Crippen molar-refractivity contribution in [2.24, 2.45) is 0 Å². The molecule has 0 aliphatic carbocycles. The first-order valence-corrected chi connectivity index (χ1v) is 9.96. The molecular weight excluding hydrogens is 378 g/mol. The van der Waals surface area contributed by atoms with E-state index >= 15 is 0 Å². The number of fused-ring (bicyclic) bond motifs is 1. The summed E-state index contributed by atoms with van der Waals surface area (Å²) >= 11 is 0. The van der Waals surface area contributed by atoms with Crippen LogP contribution in [-0.4, -0.2) is 94.3 Å². The van der Waals surface area contributed by atoms with Crippen molar-refractivity contribution in [1.82, 2.24) is 23.8 Å². The van der Waals surface area contributed by atoms with Crippen LogP contribution in [0.1, 0.15) is 10.4 Å². The average Bonchev–Trinajstić information content (AvgIpc) is 3.04. The molecule has 2 aromatic rings. The number of rotatable bonds is 6. The van der Waals surface area contributed by atoms with Crippen LogP contribution in [0.5, 0.6) is 0 Å². The van der Waals surface area contributed by atoms with Gasteiger partial charge in [0.2, 0.25) is 10.0 Å². The fourth-order valence-corrected chi connectivity index (χ4v) is 3.64. The number of carbonyl (C=O) groups is 2. The molecule has 0 aromatic carbocycles. The summed E-state index contributed by atoms with van der Waals surface area (Å²) in [5, 5.41) is 13.0. The van der Waals surface area contributed by atoms with Gasteiger partial charge < -0.3 is 14.7 Å². The molecule has 1 unspecified atom stereocenters. The van der Waals surface area contributed by atoms with Crippen LogP contribution in [0.25, 0.3) is 5.65 Å². The number of carbonyl (C=O) groups excluding carboxylic acids is 1. The fourth-order valence-electron chi connectivity index (χ4n) is 2.86. The summed E-state index contributed by atoms with van der Waals surface area (Å²) in [4.78, 5) is 29.4. The van der Waals surface area contributed by atoms with E-state index in [1.165, 1.54) is 15.6 Å². The molecule has 0 bridgehead atoms. The van der Waals surface area contributed by atoms with Gasteiger partial charge in [0, 0.05) is 32.0 Å². The number of morpholine rings is 1. The molecule has 3 rings (SSSR count). The van der Waals surface area contributed by atoms with Crippen LogP contribution in [0.2, 0.25) is 0 Å². The largest absolute Gasteiger partial charge is 0.480 e. The fraction of sp³-hybridized carbons (Fsp3) is 0.467. The molecule has 1 saturated heterocycles. The van der Waals surface area contributed by atoms with Crippen molar-refractivity contribution in [2.75, 3.05) is 39.0 Å². The lowest BCUT2D eigenvalue weighted by Gasteiger charge is -2.34. The van der Waals surface area contributed by atoms with Gasteiger partial charge in [-0.3, -0.25) is 9.59 Å². The predicted molar refractivity (Wildman–Crippen MR) is 92.7 cm³/mol. The van der Waals surface area contributed by atoms with Crippen LogP contribution in [0.15, 0.2) is 24.7 Å². The number of ether oxygens (including phenoxy) is 1. The monoisotopic (exact) mass is 397 g/mol. The quantitative estimate of drug-likeness (QED) is 0.650. The van der Waals surface area contributed by atoms with Crippen LogP contribution in [0, 0.1) is 0 Å². The van der Waals surface area contributed by atoms with Gasteiger partial charge in [-0.05, 0) is 6.07 Å². The van der Waals surface area contributed by atoms with E-state index in [1.54, 1.807) is 18.5 Å². The highest BCUT2D eigenvalue weighted by molar-refractivity contribution is 7.88. The molecule has 0 radical (unpaired) electrons. The van der Waals surface area contributed by atoms with Crippen molar-refractivity contribution in [3.05, 3.63) is 30.2 Å². The highest BCUT2D eigenvalue weighted by Crippen LogP contribution is 2.15. The highest BCUT2D eigenvalue weighted by atomic mass is 32.2. The molecule has 1 N–H and O–H groups in total. The maximum absolute atomic E-state index is 12.8. The van der Waals surface area contributed by atoms with Gasteiger partial charge >= 0.3 is 5.97 Å². The maximum Gasteiger partial charge on any atom is 0.318 e. The van der Waals surface area contributed by atoms with Gasteiger partial charge in [0.25, 0.3) is 5.91 Å². The van der Waals surface area contributed by atoms with Gasteiger partial charge in [0.1, 0.15) is 12.1 Å². The summed E-state index contributed by atoms with van der Waals surface area (Å²) in [5.74, 6) is -1.55. The minimum absolute atomic E-state index is 0.134. The Morgan fingerprint density at radius 1 is 1.44 bits per heavy atom. The molecule has 1 aliphatic rings. The Bertz CT molecular complexity index is 959. The molecule has 146 valence electrons. The number of sulfonamides is 1. The lowest BCUT2D eigenvalue weighted by molar-refractivity contribution is -0.137. The second-order valence-corrected chi connectivity index (χ2v) is 8.12. The van der Waals surface area contributed by atoms with Crippen molar-refractivity contribution < 1.29 is 27.9 Å². The van der Waals surface area contributed by atoms with Crippen LogP contribution >= 0.6 is 0 Å². The summed E-state index contributed by atoms with van der Waals surface area (Å²) in [5.41, 5.74) is 0.760. The zero-order valence-corrected chi connectivity index (χ0v) is 15.4. The zero-order valence-electron chi connectivity index (χ0n) is 14.6. The highest BCUT2D eigenvalue weighted by Gasteiger charge is 2.31. The van der Waals surface area contributed by atoms with Crippen LogP contribution in [0.4, 0.5) is 0 Å². The third-order valence-electron chi connectivity index (χ3n) is 4.12. The van der Waals surface area contributed by atoms with Gasteiger partial charge in [-0.25, -0.2) is 17.9 Å². The van der Waals surface area contributed by atoms with Crippen LogP contribution in [0.3, 0.4) is 0 Å². The smallest absolute Gasteiger partial charge is 0.318 e. The third-order valence-corrected chi connectivity index (χ3v) is 5.34. The number of aromatic nitrogens is 3. The first-order chi connectivity index (χ1) is 12.8. The molecule has 0 spiro atoms. The predicted octanol–water partition coefficient (Wildman–Crippen LogP) is -1.08. The molecule has 1 atom stereocenters. The van der Waals surface area contributed by atoms with E-state index in [0.717, 1.165) is 10.6 Å². The van der Waals surface area contributed by atoms with E-state index in [1.807, 2.05) is 0 Å². The summed E-state index contributed by atoms with van der Waals surface area (Å²) < 4.78 is 31.4. The lowest BCUT2D eigenvalue weighted by atomic mass is 10.2. The second-order valence-electron chi connectivity index (χ2n) is 6.14. The number of amides is 1. The Morgan fingerprint density at radius 2 is 2.22 bits per heavy atom. The van der Waals surface area contributed by atoms with Gasteiger partial charge in [-0.15, -0.1) is 0 Å². The van der Waals surface area contributed by atoms with Crippen molar-refractivity contribution >= 4 is 27.5 Å². The molecular formula is C15H19N5O6S. The lowest BCUT2D eigenvalue weighted by Crippen LogP contribution is -2.51. The number of hydrogen-bond acceptors (Lipinski definition) is 7. The summed E-state index contributed by atoms with van der Waals surface area (Å²) in [6.07, 6.45) is 4.98. The Labute approximate surface area is 155 Å². The Balaban J connectivity index is 1.73. The summed E-state index contributed by atoms with van der Waals surface area (Å²) in [6.45, 7) is -0.133.